The van der Waals surface area contributed by atoms with E-state index in [-0.39, 0.29) is 23.0 Å². The van der Waals surface area contributed by atoms with Crippen molar-refractivity contribution in [2.75, 3.05) is 13.7 Å². The highest BCUT2D eigenvalue weighted by atomic mass is 16.5. The number of hydrogen-bond donors (Lipinski definition) is 1. The van der Waals surface area contributed by atoms with Crippen molar-refractivity contribution in [2.45, 2.75) is 51.9 Å². The average Bonchev–Trinajstić information content (AvgIpc) is 3.38. The van der Waals surface area contributed by atoms with Gasteiger partial charge in [0.1, 0.15) is 5.75 Å². The Morgan fingerprint density at radius 1 is 1.36 bits per heavy atom. The third kappa shape index (κ3) is 2.49. The maximum Gasteiger partial charge on any atom is 0.123 e. The van der Waals surface area contributed by atoms with E-state index in [1.807, 2.05) is 23.0 Å². The molecule has 1 aliphatic heterocycles. The van der Waals surface area contributed by atoms with Crippen LogP contribution in [0.2, 0.25) is 0 Å². The molecule has 28 heavy (non-hydrogen) atoms. The highest BCUT2D eigenvalue weighted by Gasteiger charge is 2.68. The zero-order chi connectivity index (χ0) is 19.5. The van der Waals surface area contributed by atoms with Crippen molar-refractivity contribution in [3.8, 4) is 5.75 Å². The molecule has 5 heteroatoms. The van der Waals surface area contributed by atoms with Gasteiger partial charge in [-0.05, 0) is 60.3 Å². The molecular weight excluding hydrogens is 352 g/mol. The van der Waals surface area contributed by atoms with E-state index in [2.05, 4.69) is 31.1 Å². The van der Waals surface area contributed by atoms with Gasteiger partial charge in [-0.1, -0.05) is 19.9 Å². The van der Waals surface area contributed by atoms with Gasteiger partial charge in [-0.25, -0.2) is 0 Å². The molecule has 1 aromatic carbocycles. The molecule has 3 fully saturated rings. The number of benzene rings is 1. The Hall–Kier alpha value is -1.85. The number of aliphatic hydroxyl groups is 1. The normalized spacial score (nSPS) is 35.7. The molecule has 5 nitrogen and oxygen atoms in total. The highest BCUT2D eigenvalue weighted by molar-refractivity contribution is 5.39. The predicted octanol–water partition coefficient (Wildman–Crippen LogP) is 3.81. The molecule has 2 saturated carbocycles. The molecule has 1 aromatic heterocycles. The summed E-state index contributed by atoms with van der Waals surface area (Å²) in [4.78, 5) is 0. The predicted molar refractivity (Wildman–Crippen MR) is 106 cm³/mol. The molecule has 150 valence electrons. The molecule has 3 aliphatic rings. The monoisotopic (exact) mass is 382 g/mol. The maximum atomic E-state index is 11.2. The summed E-state index contributed by atoms with van der Waals surface area (Å²) in [6.07, 6.45) is 6.83. The Morgan fingerprint density at radius 3 is 2.93 bits per heavy atom. The van der Waals surface area contributed by atoms with Gasteiger partial charge >= 0.3 is 0 Å². The molecule has 1 unspecified atom stereocenters. The number of fused-ring (bicyclic) bond motifs is 1. The summed E-state index contributed by atoms with van der Waals surface area (Å²) in [5, 5.41) is 15.6. The van der Waals surface area contributed by atoms with Crippen molar-refractivity contribution >= 4 is 0 Å². The van der Waals surface area contributed by atoms with Gasteiger partial charge in [0.05, 0.1) is 25.9 Å². The van der Waals surface area contributed by atoms with Crippen molar-refractivity contribution in [3.63, 3.8) is 0 Å². The van der Waals surface area contributed by atoms with Gasteiger partial charge in [0.2, 0.25) is 0 Å². The zero-order valence-corrected chi connectivity index (χ0v) is 17.0. The van der Waals surface area contributed by atoms with Crippen LogP contribution in [0.3, 0.4) is 0 Å². The Kier molecular flexibility index (Phi) is 4.11. The fourth-order valence-electron chi connectivity index (χ4n) is 6.42. The van der Waals surface area contributed by atoms with Crippen LogP contribution in [-0.4, -0.2) is 34.7 Å². The Balaban J connectivity index is 1.48. The van der Waals surface area contributed by atoms with Crippen molar-refractivity contribution in [3.05, 3.63) is 47.8 Å². The lowest BCUT2D eigenvalue weighted by Gasteiger charge is -2.51. The summed E-state index contributed by atoms with van der Waals surface area (Å²) in [6.45, 7) is 5.88. The van der Waals surface area contributed by atoms with Crippen molar-refractivity contribution < 1.29 is 14.6 Å². The number of aromatic nitrogens is 2. The van der Waals surface area contributed by atoms with Crippen molar-refractivity contribution in [1.29, 1.82) is 0 Å². The molecule has 2 bridgehead atoms. The van der Waals surface area contributed by atoms with Crippen LogP contribution in [0.15, 0.2) is 36.7 Å². The molecule has 2 aliphatic carbocycles. The summed E-state index contributed by atoms with van der Waals surface area (Å²) < 4.78 is 13.8. The second-order valence-corrected chi connectivity index (χ2v) is 9.52. The number of nitrogens with zero attached hydrogens (tertiary/aromatic N) is 2. The zero-order valence-electron chi connectivity index (χ0n) is 17.0. The van der Waals surface area contributed by atoms with Crippen molar-refractivity contribution in [2.24, 2.45) is 22.7 Å². The fourth-order valence-corrected chi connectivity index (χ4v) is 6.42. The summed E-state index contributed by atoms with van der Waals surface area (Å²) in [5.41, 5.74) is 2.34. The molecule has 1 saturated heterocycles. The van der Waals surface area contributed by atoms with E-state index in [1.54, 1.807) is 13.3 Å². The lowest BCUT2D eigenvalue weighted by Crippen LogP contribution is -2.51. The molecule has 0 radical (unpaired) electrons. The van der Waals surface area contributed by atoms with Gasteiger partial charge in [0, 0.05) is 30.0 Å². The van der Waals surface area contributed by atoms with Gasteiger partial charge in [-0.2, -0.15) is 5.10 Å². The third-order valence-corrected chi connectivity index (χ3v) is 7.96. The molecule has 5 rings (SSSR count). The van der Waals surface area contributed by atoms with E-state index in [9.17, 15) is 5.11 Å². The summed E-state index contributed by atoms with van der Waals surface area (Å²) >= 11 is 0. The van der Waals surface area contributed by atoms with Gasteiger partial charge < -0.3 is 14.6 Å². The van der Waals surface area contributed by atoms with E-state index < -0.39 is 0 Å². The minimum atomic E-state index is -0.239. The molecule has 0 amide bonds. The van der Waals surface area contributed by atoms with Crippen LogP contribution in [0.4, 0.5) is 0 Å². The Bertz CT molecular complexity index is 863. The summed E-state index contributed by atoms with van der Waals surface area (Å²) in [5.74, 6) is 1.84. The van der Waals surface area contributed by atoms with Gasteiger partial charge in [-0.3, -0.25) is 4.68 Å². The summed E-state index contributed by atoms with van der Waals surface area (Å²) in [6, 6.07) is 8.33. The largest absolute Gasteiger partial charge is 0.496 e. The molecule has 1 spiro atoms. The highest BCUT2D eigenvalue weighted by Crippen LogP contribution is 2.70. The van der Waals surface area contributed by atoms with Crippen LogP contribution in [0.25, 0.3) is 0 Å². The number of ether oxygens (including phenoxy) is 2. The number of rotatable bonds is 4. The SMILES string of the molecule is COc1ccc([C@H]2OCCC34C[C@@H](C[C@H]23)C(C)(C)[C@H]4O)cc1Cn1cccn1. The molecule has 5 atom stereocenters. The first-order valence-electron chi connectivity index (χ1n) is 10.4. The molecular formula is C23H30N2O3. The Labute approximate surface area is 166 Å². The topological polar surface area (TPSA) is 56.5 Å². The van der Waals surface area contributed by atoms with Crippen LogP contribution in [0.5, 0.6) is 5.75 Å². The minimum Gasteiger partial charge on any atom is -0.496 e. The first kappa shape index (κ1) is 18.2. The van der Waals surface area contributed by atoms with E-state index in [4.69, 9.17) is 9.47 Å². The average molecular weight is 383 g/mol. The van der Waals surface area contributed by atoms with Crippen LogP contribution in [0.1, 0.15) is 50.3 Å². The van der Waals surface area contributed by atoms with Gasteiger partial charge in [0.25, 0.3) is 0 Å². The van der Waals surface area contributed by atoms with E-state index in [0.29, 0.717) is 18.4 Å². The fraction of sp³-hybridized carbons (Fsp3) is 0.609. The number of hydrogen-bond acceptors (Lipinski definition) is 4. The second kappa shape index (κ2) is 6.33. The standard InChI is InChI=1S/C23H30N2O3/c1-22(2)17-12-18-20(28-10-7-23(18,13-17)21(22)26)15-5-6-19(27-3)16(11-15)14-25-9-4-8-24-25/h4-6,8-9,11,17-18,20-21,26H,7,10,12-14H2,1-3H3/t17-,18-,20-,21-,23?/m1/s1. The number of methoxy groups -OCH3 is 1. The summed E-state index contributed by atoms with van der Waals surface area (Å²) in [7, 11) is 1.71. The van der Waals surface area contributed by atoms with E-state index in [1.165, 1.54) is 5.56 Å². The lowest BCUT2D eigenvalue weighted by molar-refractivity contribution is -0.164. The second-order valence-electron chi connectivity index (χ2n) is 9.52. The molecule has 2 aromatic rings. The van der Waals surface area contributed by atoms with Crippen LogP contribution in [-0.2, 0) is 11.3 Å². The van der Waals surface area contributed by atoms with Crippen molar-refractivity contribution in [1.82, 2.24) is 9.78 Å². The minimum absolute atomic E-state index is 0.0131. The van der Waals surface area contributed by atoms with E-state index in [0.717, 1.165) is 37.2 Å². The van der Waals surface area contributed by atoms with Crippen LogP contribution >= 0.6 is 0 Å². The maximum absolute atomic E-state index is 11.2. The van der Waals surface area contributed by atoms with E-state index >= 15 is 0 Å². The third-order valence-electron chi connectivity index (χ3n) is 7.96. The number of aliphatic hydroxyl groups excluding tert-OH is 1. The molecule has 2 heterocycles. The quantitative estimate of drug-likeness (QED) is 0.874. The first-order valence-corrected chi connectivity index (χ1v) is 10.4. The van der Waals surface area contributed by atoms with Crippen LogP contribution < -0.4 is 4.74 Å². The van der Waals surface area contributed by atoms with Crippen LogP contribution in [0, 0.1) is 22.7 Å². The smallest absolute Gasteiger partial charge is 0.123 e. The van der Waals surface area contributed by atoms with Gasteiger partial charge in [-0.15, -0.1) is 0 Å². The first-order chi connectivity index (χ1) is 13.5. The van der Waals surface area contributed by atoms with Gasteiger partial charge in [0.15, 0.2) is 0 Å². The lowest BCUT2D eigenvalue weighted by atomic mass is 9.60. The Morgan fingerprint density at radius 2 is 2.21 bits per heavy atom. The molecule has 1 N–H and O–H groups in total.